The highest BCUT2D eigenvalue weighted by Gasteiger charge is 2.06. The minimum absolute atomic E-state index is 0.0586. The molecule has 1 heterocycles. The molecule has 1 atom stereocenters. The number of hydrogen-bond donors (Lipinski definition) is 2. The lowest BCUT2D eigenvalue weighted by atomic mass is 10.2. The van der Waals surface area contributed by atoms with E-state index < -0.39 is 6.10 Å². The molecule has 0 bridgehead atoms. The van der Waals surface area contributed by atoms with Gasteiger partial charge in [0.25, 0.3) is 0 Å². The van der Waals surface area contributed by atoms with Crippen LogP contribution in [0.15, 0.2) is 30.5 Å². The Morgan fingerprint density at radius 1 is 1.47 bits per heavy atom. The van der Waals surface area contributed by atoms with Crippen LogP contribution in [-0.2, 0) is 11.3 Å². The number of carbonyl (C=O) groups is 1. The van der Waals surface area contributed by atoms with Crippen LogP contribution < -0.4 is 5.32 Å². The Balaban J connectivity index is 1.96. The van der Waals surface area contributed by atoms with Gasteiger partial charge in [-0.2, -0.15) is 0 Å². The normalized spacial score (nSPS) is 12.6. The van der Waals surface area contributed by atoms with Crippen molar-refractivity contribution in [2.24, 2.45) is 0 Å². The van der Waals surface area contributed by atoms with Crippen molar-refractivity contribution < 1.29 is 9.90 Å². The second-order valence-corrected chi connectivity index (χ2v) is 5.05. The molecule has 4 nitrogen and oxygen atoms in total. The summed E-state index contributed by atoms with van der Waals surface area (Å²) in [4.78, 5) is 11.6. The first kappa shape index (κ1) is 13.9. The fourth-order valence-electron chi connectivity index (χ4n) is 1.94. The number of hydrogen-bond acceptors (Lipinski definition) is 2. The molecule has 2 rings (SSSR count). The summed E-state index contributed by atoms with van der Waals surface area (Å²) < 4.78 is 2.02. The van der Waals surface area contributed by atoms with Crippen molar-refractivity contribution >= 4 is 28.4 Å². The summed E-state index contributed by atoms with van der Waals surface area (Å²) >= 11 is 5.93. The third kappa shape index (κ3) is 3.72. The Morgan fingerprint density at radius 3 is 3.00 bits per heavy atom. The van der Waals surface area contributed by atoms with Gasteiger partial charge >= 0.3 is 0 Å². The highest BCUT2D eigenvalue weighted by Crippen LogP contribution is 2.20. The number of halogens is 1. The van der Waals surface area contributed by atoms with Crippen LogP contribution in [0.5, 0.6) is 0 Å². The monoisotopic (exact) mass is 280 g/mol. The summed E-state index contributed by atoms with van der Waals surface area (Å²) in [5.74, 6) is -0.0586. The van der Waals surface area contributed by atoms with Crippen molar-refractivity contribution in [2.75, 3.05) is 6.54 Å². The summed E-state index contributed by atoms with van der Waals surface area (Å²) in [6.07, 6.45) is 1.82. The lowest BCUT2D eigenvalue weighted by molar-refractivity contribution is -0.121. The molecule has 1 aromatic heterocycles. The van der Waals surface area contributed by atoms with E-state index in [4.69, 9.17) is 16.7 Å². The highest BCUT2D eigenvalue weighted by atomic mass is 35.5. The van der Waals surface area contributed by atoms with Crippen LogP contribution in [0.3, 0.4) is 0 Å². The van der Waals surface area contributed by atoms with E-state index in [0.717, 1.165) is 10.9 Å². The summed E-state index contributed by atoms with van der Waals surface area (Å²) in [6.45, 7) is 2.54. The maximum Gasteiger partial charge on any atom is 0.221 e. The van der Waals surface area contributed by atoms with Crippen LogP contribution >= 0.6 is 11.6 Å². The number of nitrogens with one attached hydrogen (secondary N) is 1. The first-order valence-corrected chi connectivity index (χ1v) is 6.63. The average molecular weight is 281 g/mol. The molecule has 102 valence electrons. The van der Waals surface area contributed by atoms with Crippen LogP contribution in [0.1, 0.15) is 13.3 Å². The fourth-order valence-corrected chi connectivity index (χ4v) is 2.12. The predicted octanol–water partition coefficient (Wildman–Crippen LogP) is 2.18. The van der Waals surface area contributed by atoms with Gasteiger partial charge in [0, 0.05) is 41.6 Å². The van der Waals surface area contributed by atoms with E-state index in [1.54, 1.807) is 6.92 Å². The van der Waals surface area contributed by atoms with E-state index in [1.807, 2.05) is 35.0 Å². The van der Waals surface area contributed by atoms with Crippen LogP contribution in [0.4, 0.5) is 0 Å². The summed E-state index contributed by atoms with van der Waals surface area (Å²) in [7, 11) is 0. The number of aliphatic hydroxyl groups is 1. The second-order valence-electron chi connectivity index (χ2n) is 4.62. The second kappa shape index (κ2) is 6.08. The Hall–Kier alpha value is -1.52. The number of benzene rings is 1. The van der Waals surface area contributed by atoms with Gasteiger partial charge in [-0.05, 0) is 31.2 Å². The number of aliphatic hydroxyl groups excluding tert-OH is 1. The Bertz CT molecular complexity index is 578. The molecule has 0 fully saturated rings. The van der Waals surface area contributed by atoms with Crippen molar-refractivity contribution in [1.82, 2.24) is 9.88 Å². The molecule has 0 aliphatic carbocycles. The molecule has 0 radical (unpaired) electrons. The topological polar surface area (TPSA) is 54.3 Å². The smallest absolute Gasteiger partial charge is 0.221 e. The van der Waals surface area contributed by atoms with E-state index in [9.17, 15) is 4.79 Å². The van der Waals surface area contributed by atoms with Gasteiger partial charge in [-0.1, -0.05) is 11.6 Å². The zero-order valence-electron chi connectivity index (χ0n) is 10.8. The van der Waals surface area contributed by atoms with E-state index in [-0.39, 0.29) is 5.91 Å². The lowest BCUT2D eigenvalue weighted by Crippen LogP contribution is -2.31. The molecule has 0 aliphatic rings. The molecule has 1 unspecified atom stereocenters. The number of aromatic nitrogens is 1. The van der Waals surface area contributed by atoms with Crippen LogP contribution in [-0.4, -0.2) is 28.2 Å². The molecule has 1 aromatic carbocycles. The van der Waals surface area contributed by atoms with E-state index >= 15 is 0 Å². The fraction of sp³-hybridized carbons (Fsp3) is 0.357. The number of aryl methyl sites for hydroxylation is 1. The third-order valence-corrected chi connectivity index (χ3v) is 3.14. The Labute approximate surface area is 117 Å². The molecule has 2 aromatic rings. The zero-order chi connectivity index (χ0) is 13.8. The van der Waals surface area contributed by atoms with Gasteiger partial charge in [0.1, 0.15) is 0 Å². The number of rotatable bonds is 5. The molecule has 1 amide bonds. The molecule has 5 heteroatoms. The van der Waals surface area contributed by atoms with Crippen LogP contribution in [0.2, 0.25) is 5.02 Å². The third-order valence-electron chi connectivity index (χ3n) is 2.91. The van der Waals surface area contributed by atoms with Gasteiger partial charge < -0.3 is 15.0 Å². The van der Waals surface area contributed by atoms with Gasteiger partial charge in [-0.3, -0.25) is 4.79 Å². The molecule has 0 saturated carbocycles. The first-order valence-electron chi connectivity index (χ1n) is 6.25. The summed E-state index contributed by atoms with van der Waals surface area (Å²) in [5.41, 5.74) is 1.06. The maximum atomic E-state index is 11.6. The van der Waals surface area contributed by atoms with Crippen LogP contribution in [0, 0.1) is 0 Å². The first-order chi connectivity index (χ1) is 9.06. The molecule has 0 saturated heterocycles. The number of amides is 1. The average Bonchev–Trinajstić information content (AvgIpc) is 2.76. The molecular weight excluding hydrogens is 264 g/mol. The van der Waals surface area contributed by atoms with E-state index in [1.165, 1.54) is 0 Å². The summed E-state index contributed by atoms with van der Waals surface area (Å²) in [6, 6.07) is 7.68. The Morgan fingerprint density at radius 2 is 2.26 bits per heavy atom. The van der Waals surface area contributed by atoms with E-state index in [2.05, 4.69) is 5.32 Å². The van der Waals surface area contributed by atoms with Crippen molar-refractivity contribution in [1.29, 1.82) is 0 Å². The minimum Gasteiger partial charge on any atom is -0.392 e. The predicted molar refractivity (Wildman–Crippen MR) is 76.3 cm³/mol. The molecule has 2 N–H and O–H groups in total. The molecule has 0 spiro atoms. The lowest BCUT2D eigenvalue weighted by Gasteiger charge is -2.08. The standard InChI is InChI=1S/C14H17ClN2O2/c1-10(18)9-16-14(19)5-7-17-6-4-11-8-12(15)2-3-13(11)17/h2-4,6,8,10,18H,5,7,9H2,1H3,(H,16,19). The zero-order valence-corrected chi connectivity index (χ0v) is 11.5. The van der Waals surface area contributed by atoms with Crippen molar-refractivity contribution in [3.05, 3.63) is 35.5 Å². The quantitative estimate of drug-likeness (QED) is 0.882. The van der Waals surface area contributed by atoms with Crippen molar-refractivity contribution in [2.45, 2.75) is 26.0 Å². The van der Waals surface area contributed by atoms with Gasteiger partial charge in [0.05, 0.1) is 6.10 Å². The van der Waals surface area contributed by atoms with Gasteiger partial charge in [0.2, 0.25) is 5.91 Å². The minimum atomic E-state index is -0.515. The number of nitrogens with zero attached hydrogens (tertiary/aromatic N) is 1. The number of carbonyl (C=O) groups excluding carboxylic acids is 1. The molecule has 0 aliphatic heterocycles. The van der Waals surface area contributed by atoms with Gasteiger partial charge in [0.15, 0.2) is 0 Å². The molecule has 19 heavy (non-hydrogen) atoms. The van der Waals surface area contributed by atoms with Gasteiger partial charge in [-0.25, -0.2) is 0 Å². The maximum absolute atomic E-state index is 11.6. The van der Waals surface area contributed by atoms with Crippen molar-refractivity contribution in [3.8, 4) is 0 Å². The highest BCUT2D eigenvalue weighted by molar-refractivity contribution is 6.31. The van der Waals surface area contributed by atoms with E-state index in [0.29, 0.717) is 24.5 Å². The SMILES string of the molecule is CC(O)CNC(=O)CCn1ccc2cc(Cl)ccc21. The van der Waals surface area contributed by atoms with Gasteiger partial charge in [-0.15, -0.1) is 0 Å². The molecular formula is C14H17ClN2O2. The largest absolute Gasteiger partial charge is 0.392 e. The van der Waals surface area contributed by atoms with Crippen LogP contribution in [0.25, 0.3) is 10.9 Å². The van der Waals surface area contributed by atoms with Crippen molar-refractivity contribution in [3.63, 3.8) is 0 Å². The Kier molecular flexibility index (Phi) is 4.45. The number of fused-ring (bicyclic) bond motifs is 1. The summed E-state index contributed by atoms with van der Waals surface area (Å²) in [5, 5.41) is 13.5.